The van der Waals surface area contributed by atoms with Gasteiger partial charge in [-0.1, -0.05) is 66.2 Å². The minimum absolute atomic E-state index is 0.00374. The Morgan fingerprint density at radius 3 is 1.87 bits per heavy atom. The van der Waals surface area contributed by atoms with Gasteiger partial charge in [0.2, 0.25) is 0 Å². The van der Waals surface area contributed by atoms with Crippen LogP contribution in [0.25, 0.3) is 0 Å². The lowest BCUT2D eigenvalue weighted by Crippen LogP contribution is -2.52. The van der Waals surface area contributed by atoms with E-state index in [0.29, 0.717) is 11.1 Å². The number of benzene rings is 5. The van der Waals surface area contributed by atoms with E-state index in [4.69, 9.17) is 40.3 Å². The van der Waals surface area contributed by atoms with E-state index in [-0.39, 0.29) is 61.4 Å². The van der Waals surface area contributed by atoms with Gasteiger partial charge in [-0.25, -0.2) is 19.4 Å². The number of hydrogen-bond donors (Lipinski definition) is 1. The standard InChI is InChI=1S/C40H25ClO11/c1-19(42)47-31-17-32-28(15-27(31)39-25-13-6-4-11-23(25)38(3,51-52-39)24-12-5-7-14-26(24)39)40(29-16-30(41)34(48-20(2)43)18-33(29)49-32)35-21(36(44)45)9-8-10-22(35)37(46)50-40/h4-18H,1-3H3,(H,44,45). The summed E-state index contributed by atoms with van der Waals surface area (Å²) in [6.07, 6.45) is 0. The van der Waals surface area contributed by atoms with Gasteiger partial charge in [-0.3, -0.25) is 9.59 Å². The van der Waals surface area contributed by atoms with Crippen LogP contribution in [0.4, 0.5) is 0 Å². The highest BCUT2D eigenvalue weighted by Crippen LogP contribution is 2.64. The summed E-state index contributed by atoms with van der Waals surface area (Å²) in [6, 6.07) is 25.3. The molecule has 258 valence electrons. The maximum Gasteiger partial charge on any atom is 0.340 e. The van der Waals surface area contributed by atoms with Gasteiger partial charge in [0, 0.05) is 59.4 Å². The van der Waals surface area contributed by atoms with E-state index in [0.717, 1.165) is 11.1 Å². The summed E-state index contributed by atoms with van der Waals surface area (Å²) in [5, 5.41) is 10.5. The van der Waals surface area contributed by atoms with Crippen LogP contribution in [0.2, 0.25) is 5.02 Å². The Hall–Kier alpha value is -6.01. The van der Waals surface area contributed by atoms with Crippen molar-refractivity contribution in [2.45, 2.75) is 37.6 Å². The van der Waals surface area contributed by atoms with Crippen molar-refractivity contribution in [3.63, 3.8) is 0 Å². The fraction of sp³-hybridized carbons (Fsp3) is 0.150. The molecule has 1 unspecified atom stereocenters. The largest absolute Gasteiger partial charge is 0.478 e. The number of ether oxygens (including phenoxy) is 4. The van der Waals surface area contributed by atoms with E-state index in [9.17, 15) is 24.3 Å². The molecule has 0 aromatic heterocycles. The van der Waals surface area contributed by atoms with E-state index >= 15 is 0 Å². The summed E-state index contributed by atoms with van der Waals surface area (Å²) in [6.45, 7) is 4.36. The minimum Gasteiger partial charge on any atom is -0.478 e. The Balaban J connectivity index is 1.42. The van der Waals surface area contributed by atoms with Crippen LogP contribution in [0.5, 0.6) is 23.0 Å². The highest BCUT2D eigenvalue weighted by molar-refractivity contribution is 6.32. The Bertz CT molecular complexity index is 2440. The average Bonchev–Trinajstić information content (AvgIpc) is 3.41. The quantitative estimate of drug-likeness (QED) is 0.114. The lowest BCUT2D eigenvalue weighted by Gasteiger charge is -2.52. The second-order valence-corrected chi connectivity index (χ2v) is 13.4. The van der Waals surface area contributed by atoms with Gasteiger partial charge < -0.3 is 24.1 Å². The lowest BCUT2D eigenvalue weighted by molar-refractivity contribution is -0.415. The summed E-state index contributed by atoms with van der Waals surface area (Å²) in [5.41, 5.74) is -1.10. The van der Waals surface area contributed by atoms with Crippen LogP contribution >= 0.6 is 11.6 Å². The van der Waals surface area contributed by atoms with Gasteiger partial charge in [-0.05, 0) is 42.3 Å². The zero-order valence-corrected chi connectivity index (χ0v) is 28.3. The highest BCUT2D eigenvalue weighted by Gasteiger charge is 2.61. The van der Waals surface area contributed by atoms with E-state index in [1.807, 2.05) is 55.5 Å². The molecule has 1 atom stereocenters. The molecule has 0 saturated carbocycles. The molecule has 10 rings (SSSR count). The maximum atomic E-state index is 13.8. The summed E-state index contributed by atoms with van der Waals surface area (Å²) < 4.78 is 24.0. The molecule has 0 amide bonds. The first kappa shape index (κ1) is 31.9. The monoisotopic (exact) mass is 716 g/mol. The number of carboxylic acid groups (broad SMARTS) is 1. The number of carbonyl (C=O) groups is 4. The second kappa shape index (κ2) is 10.8. The zero-order chi connectivity index (χ0) is 36.3. The molecule has 12 heteroatoms. The molecule has 1 spiro atoms. The summed E-state index contributed by atoms with van der Waals surface area (Å²) in [5.74, 6) is -3.38. The van der Waals surface area contributed by atoms with Crippen molar-refractivity contribution in [3.8, 4) is 23.0 Å². The van der Waals surface area contributed by atoms with Crippen LogP contribution in [0, 0.1) is 0 Å². The van der Waals surface area contributed by atoms with Gasteiger partial charge in [0.1, 0.15) is 17.2 Å². The smallest absolute Gasteiger partial charge is 0.340 e. The van der Waals surface area contributed by atoms with Gasteiger partial charge in [0.15, 0.2) is 22.6 Å². The molecular formula is C40H25ClO11. The Kier molecular flexibility index (Phi) is 6.60. The third-order valence-electron chi connectivity index (χ3n) is 10.1. The van der Waals surface area contributed by atoms with Gasteiger partial charge in [0.25, 0.3) is 0 Å². The average molecular weight is 717 g/mol. The third kappa shape index (κ3) is 4.03. The van der Waals surface area contributed by atoms with Crippen LogP contribution in [0.1, 0.15) is 86.0 Å². The van der Waals surface area contributed by atoms with Crippen molar-refractivity contribution in [1.29, 1.82) is 0 Å². The van der Waals surface area contributed by atoms with Crippen LogP contribution in [0.15, 0.2) is 91.0 Å². The predicted octanol–water partition coefficient (Wildman–Crippen LogP) is 7.29. The number of fused-ring (bicyclic) bond motifs is 7. The number of hydrogen-bond acceptors (Lipinski definition) is 10. The molecule has 11 nitrogen and oxygen atoms in total. The molecule has 1 aliphatic carbocycles. The molecule has 1 N–H and O–H groups in total. The molecule has 4 heterocycles. The number of aromatic carboxylic acids is 1. The summed E-state index contributed by atoms with van der Waals surface area (Å²) in [7, 11) is 0. The summed E-state index contributed by atoms with van der Waals surface area (Å²) >= 11 is 6.69. The molecule has 0 saturated heterocycles. The molecule has 5 aromatic rings. The Labute approximate surface area is 300 Å². The molecule has 5 aliphatic rings. The Morgan fingerprint density at radius 1 is 0.673 bits per heavy atom. The number of halogens is 1. The lowest BCUT2D eigenvalue weighted by atomic mass is 9.64. The first-order valence-corrected chi connectivity index (χ1v) is 16.5. The molecule has 4 aliphatic heterocycles. The normalized spacial score (nSPS) is 22.6. The number of carbonyl (C=O) groups excluding carboxylic acids is 3. The molecule has 0 fully saturated rings. The van der Waals surface area contributed by atoms with Crippen molar-refractivity contribution < 1.29 is 53.0 Å². The van der Waals surface area contributed by atoms with Crippen molar-refractivity contribution in [1.82, 2.24) is 0 Å². The molecule has 5 aromatic carbocycles. The van der Waals surface area contributed by atoms with Crippen LogP contribution in [-0.2, 0) is 40.9 Å². The van der Waals surface area contributed by atoms with E-state index in [2.05, 4.69) is 0 Å². The number of rotatable bonds is 4. The topological polar surface area (TPSA) is 144 Å². The Morgan fingerprint density at radius 2 is 1.25 bits per heavy atom. The SMILES string of the molecule is CC(=O)Oc1cc2c(cc1Cl)C1(OC(=O)c3cccc(C(=O)O)c31)c1cc(C34OOC(C)(c5ccccc53)c3ccccc34)c(OC(C)=O)cc1O2. The van der Waals surface area contributed by atoms with Crippen molar-refractivity contribution >= 4 is 35.5 Å². The first-order chi connectivity index (χ1) is 24.9. The molecule has 0 radical (unpaired) electrons. The predicted molar refractivity (Wildman–Crippen MR) is 181 cm³/mol. The molecular weight excluding hydrogens is 692 g/mol. The van der Waals surface area contributed by atoms with Crippen molar-refractivity contribution in [3.05, 3.63) is 152 Å². The second-order valence-electron chi connectivity index (χ2n) is 13.0. The fourth-order valence-corrected chi connectivity index (χ4v) is 8.30. The van der Waals surface area contributed by atoms with Crippen molar-refractivity contribution in [2.24, 2.45) is 0 Å². The van der Waals surface area contributed by atoms with Crippen LogP contribution in [-0.4, -0.2) is 29.0 Å². The highest BCUT2D eigenvalue weighted by atomic mass is 35.5. The van der Waals surface area contributed by atoms with Gasteiger partial charge in [-0.2, -0.15) is 0 Å². The van der Waals surface area contributed by atoms with E-state index in [1.54, 1.807) is 6.07 Å². The first-order valence-electron chi connectivity index (χ1n) is 16.1. The zero-order valence-electron chi connectivity index (χ0n) is 27.6. The minimum atomic E-state index is -1.99. The van der Waals surface area contributed by atoms with Crippen LogP contribution < -0.4 is 14.2 Å². The number of esters is 3. The maximum absolute atomic E-state index is 13.8. The summed E-state index contributed by atoms with van der Waals surface area (Å²) in [4.78, 5) is 64.2. The third-order valence-corrected chi connectivity index (χ3v) is 10.4. The van der Waals surface area contributed by atoms with Gasteiger partial charge in [-0.15, -0.1) is 0 Å². The van der Waals surface area contributed by atoms with Gasteiger partial charge in [0.05, 0.1) is 16.1 Å². The number of carboxylic acids is 1. The van der Waals surface area contributed by atoms with Gasteiger partial charge >= 0.3 is 23.9 Å². The fourth-order valence-electron chi connectivity index (χ4n) is 8.09. The van der Waals surface area contributed by atoms with E-state index < -0.39 is 40.7 Å². The van der Waals surface area contributed by atoms with E-state index in [1.165, 1.54) is 50.2 Å². The van der Waals surface area contributed by atoms with Crippen LogP contribution in [0.3, 0.4) is 0 Å². The molecule has 52 heavy (non-hydrogen) atoms. The molecule has 2 bridgehead atoms. The van der Waals surface area contributed by atoms with Crippen molar-refractivity contribution in [2.75, 3.05) is 0 Å².